The molecule has 3 heterocycles. The number of carbonyl (C=O) groups is 2. The van der Waals surface area contributed by atoms with Crippen molar-refractivity contribution in [2.24, 2.45) is 0 Å². The Hall–Kier alpha value is -4.13. The van der Waals surface area contributed by atoms with Gasteiger partial charge in [0.25, 0.3) is 5.91 Å². The van der Waals surface area contributed by atoms with E-state index in [-0.39, 0.29) is 18.2 Å². The van der Waals surface area contributed by atoms with Gasteiger partial charge in [-0.3, -0.25) is 9.59 Å². The zero-order valence-electron chi connectivity index (χ0n) is 18.9. The number of benzene rings is 2. The van der Waals surface area contributed by atoms with Gasteiger partial charge in [0.2, 0.25) is 5.78 Å². The molecule has 5 rings (SSSR count). The first-order valence-corrected chi connectivity index (χ1v) is 11.1. The van der Waals surface area contributed by atoms with Gasteiger partial charge in [-0.15, -0.1) is 0 Å². The first-order chi connectivity index (χ1) is 16.5. The van der Waals surface area contributed by atoms with Crippen LogP contribution >= 0.6 is 0 Å². The lowest BCUT2D eigenvalue weighted by Gasteiger charge is -2.27. The number of methoxy groups -OCH3 is 1. The average molecular weight is 456 g/mol. The fourth-order valence-electron chi connectivity index (χ4n) is 4.61. The van der Waals surface area contributed by atoms with Crippen LogP contribution in [-0.2, 0) is 22.6 Å². The standard InChI is InChI=1S/C27H24N2O5/c1-16-13-20-14-19(5-8-22(20)34-16)25(30)23-24(18-3-6-21(33-2)7-4-18)29(27(32)26(23)31)15-17-9-11-28-12-10-17/h3-12,14,16,24,30H,13,15H2,1-2H3/b25-23+. The highest BCUT2D eigenvalue weighted by molar-refractivity contribution is 6.46. The van der Waals surface area contributed by atoms with Crippen molar-refractivity contribution in [1.82, 2.24) is 4.90 Å². The summed E-state index contributed by atoms with van der Waals surface area (Å²) in [5, 5.41) is 13.7. The highest BCUT2D eigenvalue weighted by Gasteiger charge is 2.44. The second-order valence-electron chi connectivity index (χ2n) is 8.54. The lowest BCUT2D eigenvalue weighted by Crippen LogP contribution is -2.29. The number of H-pyrrole nitrogens is 1. The molecule has 2 unspecified atom stereocenters. The number of carbonyl (C=O) groups excluding carboxylic acids is 2. The van der Waals surface area contributed by atoms with E-state index in [1.165, 1.54) is 4.90 Å². The highest BCUT2D eigenvalue weighted by Crippen LogP contribution is 2.41. The smallest absolute Gasteiger partial charge is 0.295 e. The number of hydrogen-bond acceptors (Lipinski definition) is 5. The van der Waals surface area contributed by atoms with Crippen LogP contribution in [0.3, 0.4) is 0 Å². The number of fused-ring (bicyclic) bond motifs is 1. The Morgan fingerprint density at radius 1 is 1.12 bits per heavy atom. The van der Waals surface area contributed by atoms with Gasteiger partial charge in [-0.1, -0.05) is 24.0 Å². The normalized spacial score (nSPS) is 20.8. The van der Waals surface area contributed by atoms with Gasteiger partial charge in [-0.25, -0.2) is 4.98 Å². The molecule has 0 bridgehead atoms. The van der Waals surface area contributed by atoms with E-state index < -0.39 is 23.5 Å². The molecule has 2 aromatic carbocycles. The molecule has 2 aliphatic heterocycles. The second-order valence-corrected chi connectivity index (χ2v) is 8.54. The fraction of sp³-hybridized carbons (Fsp3) is 0.222. The first-order valence-electron chi connectivity index (χ1n) is 11.1. The van der Waals surface area contributed by atoms with E-state index in [9.17, 15) is 14.7 Å². The van der Waals surface area contributed by atoms with Gasteiger partial charge in [-0.05, 0) is 53.4 Å². The number of nitrogens with one attached hydrogen (secondary N) is 1. The number of hydrogen-bond donors (Lipinski definition) is 0. The maximum absolute atomic E-state index is 13.7. The number of ether oxygens (including phenoxy) is 2. The molecule has 34 heavy (non-hydrogen) atoms. The zero-order valence-corrected chi connectivity index (χ0v) is 18.9. The number of aromatic amines is 1. The molecule has 1 amide bonds. The minimum absolute atomic E-state index is 0.0355. The number of ketones is 1. The van der Waals surface area contributed by atoms with E-state index in [1.807, 2.05) is 19.1 Å². The Morgan fingerprint density at radius 2 is 1.85 bits per heavy atom. The molecule has 1 aromatic heterocycles. The third-order valence-corrected chi connectivity index (χ3v) is 6.26. The van der Waals surface area contributed by atoms with Crippen molar-refractivity contribution in [1.29, 1.82) is 0 Å². The fourth-order valence-corrected chi connectivity index (χ4v) is 4.61. The number of nitrogens with zero attached hydrogens (tertiary/aromatic N) is 1. The number of likely N-dealkylation sites (tertiary alicyclic amines) is 1. The van der Waals surface area contributed by atoms with Crippen LogP contribution in [0, 0.1) is 0 Å². The van der Waals surface area contributed by atoms with E-state index in [4.69, 9.17) is 9.47 Å². The molecule has 1 fully saturated rings. The highest BCUT2D eigenvalue weighted by atomic mass is 16.5. The third kappa shape index (κ3) is 3.79. The van der Waals surface area contributed by atoms with E-state index in [0.29, 0.717) is 23.3 Å². The van der Waals surface area contributed by atoms with Crippen molar-refractivity contribution in [3.05, 3.63) is 94.8 Å². The minimum atomic E-state index is -0.800. The first kappa shape index (κ1) is 21.7. The Balaban J connectivity index is 1.62. The SMILES string of the molecule is COc1ccc(C2/C(=C(\[O-])c3ccc4c(c3)CC(C)O4)C(=O)C(=O)N2Cc2cc[nH+]cc2)cc1. The van der Waals surface area contributed by atoms with Crippen molar-refractivity contribution in [3.63, 3.8) is 0 Å². The molecule has 7 nitrogen and oxygen atoms in total. The van der Waals surface area contributed by atoms with Gasteiger partial charge < -0.3 is 19.5 Å². The van der Waals surface area contributed by atoms with Crippen LogP contribution in [-0.4, -0.2) is 29.8 Å². The maximum atomic E-state index is 13.7. The van der Waals surface area contributed by atoms with Crippen LogP contribution in [0.2, 0.25) is 0 Å². The molecule has 172 valence electrons. The van der Waals surface area contributed by atoms with Gasteiger partial charge >= 0.3 is 0 Å². The van der Waals surface area contributed by atoms with Gasteiger partial charge in [0.15, 0.2) is 12.4 Å². The molecule has 0 aliphatic carbocycles. The van der Waals surface area contributed by atoms with Gasteiger partial charge in [0, 0.05) is 30.7 Å². The third-order valence-electron chi connectivity index (χ3n) is 6.26. The van der Waals surface area contributed by atoms with Crippen molar-refractivity contribution in [2.45, 2.75) is 32.0 Å². The predicted octanol–water partition coefficient (Wildman–Crippen LogP) is 2.26. The van der Waals surface area contributed by atoms with Crippen molar-refractivity contribution in [3.8, 4) is 11.5 Å². The van der Waals surface area contributed by atoms with Crippen LogP contribution in [0.25, 0.3) is 5.76 Å². The summed E-state index contributed by atoms with van der Waals surface area (Å²) in [6, 6.07) is 15.1. The average Bonchev–Trinajstić information content (AvgIpc) is 3.35. The van der Waals surface area contributed by atoms with Crippen molar-refractivity contribution >= 4 is 17.4 Å². The van der Waals surface area contributed by atoms with Crippen LogP contribution in [0.15, 0.2) is 72.6 Å². The van der Waals surface area contributed by atoms with E-state index in [2.05, 4.69) is 4.98 Å². The summed E-state index contributed by atoms with van der Waals surface area (Å²) in [5.41, 5.74) is 2.78. The molecule has 3 aromatic rings. The number of Topliss-reactive ketones (excluding diaryl/α,β-unsaturated/α-hetero) is 1. The Kier molecular flexibility index (Phi) is 5.53. The summed E-state index contributed by atoms with van der Waals surface area (Å²) < 4.78 is 11.0. The van der Waals surface area contributed by atoms with Crippen molar-refractivity contribution < 1.29 is 29.2 Å². The summed E-state index contributed by atoms with van der Waals surface area (Å²) >= 11 is 0. The van der Waals surface area contributed by atoms with Crippen LogP contribution in [0.5, 0.6) is 11.5 Å². The second kappa shape index (κ2) is 8.67. The Morgan fingerprint density at radius 3 is 2.56 bits per heavy atom. The molecule has 0 spiro atoms. The minimum Gasteiger partial charge on any atom is -0.872 e. The monoisotopic (exact) mass is 456 g/mol. The zero-order chi connectivity index (χ0) is 23.8. The summed E-state index contributed by atoms with van der Waals surface area (Å²) in [6.07, 6.45) is 4.23. The topological polar surface area (TPSA) is 93.0 Å². The Bertz CT molecular complexity index is 1280. The summed E-state index contributed by atoms with van der Waals surface area (Å²) in [7, 11) is 1.57. The lowest BCUT2D eigenvalue weighted by molar-refractivity contribution is -0.378. The largest absolute Gasteiger partial charge is 0.872 e. The molecule has 0 radical (unpaired) electrons. The molecule has 2 aliphatic rings. The van der Waals surface area contributed by atoms with Gasteiger partial charge in [0.1, 0.15) is 17.6 Å². The van der Waals surface area contributed by atoms with Crippen LogP contribution in [0.1, 0.15) is 35.2 Å². The number of amides is 1. The van der Waals surface area contributed by atoms with Crippen LogP contribution < -0.4 is 19.6 Å². The molecule has 1 N–H and O–H groups in total. The Labute approximate surface area is 197 Å². The number of rotatable bonds is 5. The maximum Gasteiger partial charge on any atom is 0.295 e. The van der Waals surface area contributed by atoms with E-state index in [0.717, 1.165) is 16.9 Å². The van der Waals surface area contributed by atoms with Crippen LogP contribution in [0.4, 0.5) is 0 Å². The molecular formula is C27H24N2O5. The summed E-state index contributed by atoms with van der Waals surface area (Å²) in [4.78, 5) is 30.8. The summed E-state index contributed by atoms with van der Waals surface area (Å²) in [6.45, 7) is 2.16. The number of aromatic nitrogens is 1. The predicted molar refractivity (Wildman–Crippen MR) is 121 cm³/mol. The van der Waals surface area contributed by atoms with Gasteiger partial charge in [-0.2, -0.15) is 0 Å². The van der Waals surface area contributed by atoms with Crippen molar-refractivity contribution in [2.75, 3.05) is 7.11 Å². The molecule has 7 heteroatoms. The molecule has 2 atom stereocenters. The number of pyridine rings is 1. The molecular weight excluding hydrogens is 432 g/mol. The summed E-state index contributed by atoms with van der Waals surface area (Å²) in [5.74, 6) is -0.499. The lowest BCUT2D eigenvalue weighted by atomic mass is 9.94. The van der Waals surface area contributed by atoms with E-state index in [1.54, 1.807) is 62.0 Å². The van der Waals surface area contributed by atoms with E-state index >= 15 is 0 Å². The molecule has 1 saturated heterocycles. The van der Waals surface area contributed by atoms with Gasteiger partial charge in [0.05, 0.1) is 13.2 Å². The quantitative estimate of drug-likeness (QED) is 0.334. The molecule has 0 saturated carbocycles.